The summed E-state index contributed by atoms with van der Waals surface area (Å²) in [6.45, 7) is 2.18. The molecule has 0 radical (unpaired) electrons. The lowest BCUT2D eigenvalue weighted by Gasteiger charge is -2.33. The fourth-order valence-electron chi connectivity index (χ4n) is 2.31. The zero-order valence-electron chi connectivity index (χ0n) is 10.8. The van der Waals surface area contributed by atoms with E-state index >= 15 is 0 Å². The molecule has 0 aliphatic carbocycles. The molecule has 20 heavy (non-hydrogen) atoms. The highest BCUT2D eigenvalue weighted by Crippen LogP contribution is 2.28. The van der Waals surface area contributed by atoms with Crippen molar-refractivity contribution in [1.29, 1.82) is 0 Å². The van der Waals surface area contributed by atoms with E-state index in [9.17, 15) is 17.6 Å². The van der Waals surface area contributed by atoms with Crippen molar-refractivity contribution in [2.24, 2.45) is 0 Å². The molecule has 0 spiro atoms. The average molecular weight is 292 g/mol. The van der Waals surface area contributed by atoms with Crippen LogP contribution in [0.3, 0.4) is 0 Å². The molecular weight excluding hydrogens is 276 g/mol. The van der Waals surface area contributed by atoms with Crippen LogP contribution in [-0.4, -0.2) is 44.1 Å². The third-order valence-corrected chi connectivity index (χ3v) is 3.21. The van der Waals surface area contributed by atoms with Crippen LogP contribution in [0.15, 0.2) is 24.3 Å². The Hall–Kier alpha value is -1.34. The van der Waals surface area contributed by atoms with Crippen molar-refractivity contribution >= 4 is 0 Å². The van der Waals surface area contributed by atoms with E-state index < -0.39 is 19.1 Å². The summed E-state index contributed by atoms with van der Waals surface area (Å²) in [4.78, 5) is 1.92. The van der Waals surface area contributed by atoms with Gasteiger partial charge in [0, 0.05) is 26.2 Å². The molecule has 1 saturated heterocycles. The summed E-state index contributed by atoms with van der Waals surface area (Å²) < 4.78 is 53.7. The van der Waals surface area contributed by atoms with Crippen molar-refractivity contribution < 1.29 is 22.3 Å². The average Bonchev–Trinajstić information content (AvgIpc) is 2.39. The predicted molar refractivity (Wildman–Crippen MR) is 66.3 cm³/mol. The Morgan fingerprint density at radius 1 is 1.25 bits per heavy atom. The van der Waals surface area contributed by atoms with Crippen LogP contribution in [0.1, 0.15) is 11.6 Å². The van der Waals surface area contributed by atoms with Crippen LogP contribution in [0.2, 0.25) is 0 Å². The highest BCUT2D eigenvalue weighted by molar-refractivity contribution is 5.31. The highest BCUT2D eigenvalue weighted by Gasteiger charge is 2.31. The number of hydrogen-bond donors (Lipinski definition) is 1. The number of nitrogens with zero attached hydrogens (tertiary/aromatic N) is 1. The summed E-state index contributed by atoms with van der Waals surface area (Å²) in [6.07, 6.45) is -4.74. The first kappa shape index (κ1) is 15.1. The van der Waals surface area contributed by atoms with Gasteiger partial charge in [0.1, 0.15) is 12.4 Å². The third-order valence-electron chi connectivity index (χ3n) is 3.21. The van der Waals surface area contributed by atoms with Gasteiger partial charge in [-0.05, 0) is 17.7 Å². The van der Waals surface area contributed by atoms with Crippen molar-refractivity contribution in [1.82, 2.24) is 10.2 Å². The van der Waals surface area contributed by atoms with Gasteiger partial charge in [-0.1, -0.05) is 12.1 Å². The number of ether oxygens (including phenoxy) is 1. The minimum Gasteiger partial charge on any atom is -0.406 e. The largest absolute Gasteiger partial charge is 0.573 e. The molecule has 1 aliphatic rings. The van der Waals surface area contributed by atoms with Crippen LogP contribution in [0.25, 0.3) is 0 Å². The molecule has 0 bridgehead atoms. The van der Waals surface area contributed by atoms with Crippen LogP contribution in [0, 0.1) is 0 Å². The van der Waals surface area contributed by atoms with Crippen molar-refractivity contribution in [2.45, 2.75) is 12.4 Å². The van der Waals surface area contributed by atoms with E-state index in [0.717, 1.165) is 13.1 Å². The zero-order chi connectivity index (χ0) is 14.6. The number of halogens is 4. The van der Waals surface area contributed by atoms with Gasteiger partial charge < -0.3 is 10.1 Å². The summed E-state index contributed by atoms with van der Waals surface area (Å²) in [6, 6.07) is 4.99. The Morgan fingerprint density at radius 3 is 2.55 bits per heavy atom. The van der Waals surface area contributed by atoms with E-state index in [1.165, 1.54) is 18.2 Å². The standard InChI is InChI=1S/C13H16F4N2O/c14-9-12(19-6-4-18-5-7-19)10-2-1-3-11(8-10)20-13(15,16)17/h1-3,8,12,18H,4-7,9H2/t12-/m0/s1. The third kappa shape index (κ3) is 4.08. The molecule has 1 aliphatic heterocycles. The normalized spacial score (nSPS) is 18.8. The summed E-state index contributed by atoms with van der Waals surface area (Å²) >= 11 is 0. The molecule has 1 heterocycles. The van der Waals surface area contributed by atoms with Crippen LogP contribution >= 0.6 is 0 Å². The molecule has 0 amide bonds. The molecule has 1 N–H and O–H groups in total. The summed E-state index contributed by atoms with van der Waals surface area (Å²) in [5, 5.41) is 3.15. The van der Waals surface area contributed by atoms with Gasteiger partial charge in [0.25, 0.3) is 0 Å². The van der Waals surface area contributed by atoms with Gasteiger partial charge in [-0.25, -0.2) is 4.39 Å². The molecule has 1 aromatic rings. The van der Waals surface area contributed by atoms with Gasteiger partial charge in [0.2, 0.25) is 0 Å². The number of alkyl halides is 4. The quantitative estimate of drug-likeness (QED) is 0.863. The Bertz CT molecular complexity index is 433. The number of rotatable bonds is 4. The fraction of sp³-hybridized carbons (Fsp3) is 0.538. The molecule has 1 atom stereocenters. The van der Waals surface area contributed by atoms with Gasteiger partial charge in [0.05, 0.1) is 6.04 Å². The molecule has 112 valence electrons. The van der Waals surface area contributed by atoms with Crippen molar-refractivity contribution in [3.63, 3.8) is 0 Å². The Labute approximate surface area is 114 Å². The first-order chi connectivity index (χ1) is 9.49. The smallest absolute Gasteiger partial charge is 0.406 e. The molecule has 3 nitrogen and oxygen atoms in total. The summed E-state index contributed by atoms with van der Waals surface area (Å²) in [5.41, 5.74) is 0.496. The van der Waals surface area contributed by atoms with Crippen LogP contribution in [-0.2, 0) is 0 Å². The lowest BCUT2D eigenvalue weighted by Crippen LogP contribution is -2.45. The second-order valence-corrected chi connectivity index (χ2v) is 4.58. The van der Waals surface area contributed by atoms with E-state index in [4.69, 9.17) is 0 Å². The van der Waals surface area contributed by atoms with E-state index in [2.05, 4.69) is 10.1 Å². The minimum atomic E-state index is -4.74. The fourth-order valence-corrected chi connectivity index (χ4v) is 2.31. The number of nitrogens with one attached hydrogen (secondary N) is 1. The lowest BCUT2D eigenvalue weighted by atomic mass is 10.1. The Balaban J connectivity index is 2.14. The second-order valence-electron chi connectivity index (χ2n) is 4.58. The molecule has 1 fully saturated rings. The van der Waals surface area contributed by atoms with Gasteiger partial charge in [-0.3, -0.25) is 4.90 Å². The van der Waals surface area contributed by atoms with Crippen molar-refractivity contribution in [3.05, 3.63) is 29.8 Å². The van der Waals surface area contributed by atoms with Crippen LogP contribution in [0.4, 0.5) is 17.6 Å². The van der Waals surface area contributed by atoms with E-state index in [1.807, 2.05) is 4.90 Å². The first-order valence-electron chi connectivity index (χ1n) is 6.36. The number of benzene rings is 1. The van der Waals surface area contributed by atoms with Gasteiger partial charge in [-0.2, -0.15) is 0 Å². The maximum absolute atomic E-state index is 13.3. The molecule has 0 aromatic heterocycles. The molecule has 0 saturated carbocycles. The van der Waals surface area contributed by atoms with E-state index in [0.29, 0.717) is 18.7 Å². The van der Waals surface area contributed by atoms with Crippen molar-refractivity contribution in [2.75, 3.05) is 32.9 Å². The summed E-state index contributed by atoms with van der Waals surface area (Å²) in [7, 11) is 0. The topological polar surface area (TPSA) is 24.5 Å². The Kier molecular flexibility index (Phi) is 4.82. The lowest BCUT2D eigenvalue weighted by molar-refractivity contribution is -0.274. The molecule has 1 aromatic carbocycles. The molecular formula is C13H16F4N2O. The molecule has 0 unspecified atom stereocenters. The first-order valence-corrected chi connectivity index (χ1v) is 6.36. The van der Waals surface area contributed by atoms with Crippen LogP contribution in [0.5, 0.6) is 5.75 Å². The van der Waals surface area contributed by atoms with Gasteiger partial charge >= 0.3 is 6.36 Å². The highest BCUT2D eigenvalue weighted by atomic mass is 19.4. The van der Waals surface area contributed by atoms with Gasteiger partial charge in [-0.15, -0.1) is 13.2 Å². The number of hydrogen-bond acceptors (Lipinski definition) is 3. The molecule has 7 heteroatoms. The zero-order valence-corrected chi connectivity index (χ0v) is 10.8. The predicted octanol–water partition coefficient (Wildman–Crippen LogP) is 2.50. The summed E-state index contributed by atoms with van der Waals surface area (Å²) in [5.74, 6) is -0.316. The van der Waals surface area contributed by atoms with Gasteiger partial charge in [0.15, 0.2) is 0 Å². The Morgan fingerprint density at radius 2 is 1.95 bits per heavy atom. The maximum Gasteiger partial charge on any atom is 0.573 e. The maximum atomic E-state index is 13.3. The molecule has 2 rings (SSSR count). The van der Waals surface area contributed by atoms with Crippen molar-refractivity contribution in [3.8, 4) is 5.75 Å². The second kappa shape index (κ2) is 6.41. The minimum absolute atomic E-state index is 0.316. The van der Waals surface area contributed by atoms with E-state index in [1.54, 1.807) is 6.07 Å². The monoisotopic (exact) mass is 292 g/mol. The number of piperazine rings is 1. The van der Waals surface area contributed by atoms with E-state index in [-0.39, 0.29) is 5.75 Å². The SMILES string of the molecule is FC[C@@H](c1cccc(OC(F)(F)F)c1)N1CCNCC1. The van der Waals surface area contributed by atoms with Crippen LogP contribution < -0.4 is 10.1 Å².